The molecule has 80 valence electrons. The Hall–Kier alpha value is 0.140. The van der Waals surface area contributed by atoms with Crippen molar-refractivity contribution >= 4 is 27.3 Å². The lowest BCUT2D eigenvalue weighted by Gasteiger charge is -2.08. The van der Waals surface area contributed by atoms with Gasteiger partial charge in [0.2, 0.25) is 0 Å². The fourth-order valence-corrected chi connectivity index (χ4v) is 2.94. The Morgan fingerprint density at radius 2 is 2.21 bits per heavy atom. The summed E-state index contributed by atoms with van der Waals surface area (Å²) < 4.78 is 1.15. The molecule has 0 aromatic carbocycles. The van der Waals surface area contributed by atoms with Crippen LogP contribution in [0, 0.1) is 0 Å². The highest BCUT2D eigenvalue weighted by Gasteiger charge is 2.07. The summed E-state index contributed by atoms with van der Waals surface area (Å²) >= 11 is 5.20. The number of thiophene rings is 1. The van der Waals surface area contributed by atoms with E-state index in [0.29, 0.717) is 0 Å². The highest BCUT2D eigenvalue weighted by atomic mass is 79.9. The molecule has 0 aliphatic rings. The van der Waals surface area contributed by atoms with Gasteiger partial charge in [0.05, 0.1) is 0 Å². The summed E-state index contributed by atoms with van der Waals surface area (Å²) in [5, 5.41) is 2.10. The van der Waals surface area contributed by atoms with Crippen LogP contribution in [0.4, 0.5) is 0 Å². The predicted molar refractivity (Wildman–Crippen MR) is 67.7 cm³/mol. The van der Waals surface area contributed by atoms with E-state index in [-0.39, 0.29) is 6.04 Å². The number of rotatable bonds is 6. The van der Waals surface area contributed by atoms with Gasteiger partial charge in [-0.15, -0.1) is 11.3 Å². The Labute approximate surface area is 98.8 Å². The monoisotopic (exact) mass is 275 g/mol. The minimum Gasteiger partial charge on any atom is -0.323 e. The van der Waals surface area contributed by atoms with Crippen molar-refractivity contribution in [3.8, 4) is 0 Å². The van der Waals surface area contributed by atoms with Crippen LogP contribution in [0.5, 0.6) is 0 Å². The second-order valence-electron chi connectivity index (χ2n) is 3.62. The van der Waals surface area contributed by atoms with Crippen molar-refractivity contribution in [3.63, 3.8) is 0 Å². The van der Waals surface area contributed by atoms with Crippen molar-refractivity contribution in [3.05, 3.63) is 20.8 Å². The molecule has 1 aromatic heterocycles. The van der Waals surface area contributed by atoms with Gasteiger partial charge in [0.1, 0.15) is 0 Å². The molecule has 1 aromatic rings. The number of nitrogens with two attached hydrogens (primary N) is 1. The highest BCUT2D eigenvalue weighted by molar-refractivity contribution is 9.10. The van der Waals surface area contributed by atoms with E-state index in [1.54, 1.807) is 11.3 Å². The summed E-state index contributed by atoms with van der Waals surface area (Å²) in [5.41, 5.74) is 6.08. The van der Waals surface area contributed by atoms with E-state index in [9.17, 15) is 0 Å². The lowest BCUT2D eigenvalue weighted by Crippen LogP contribution is -2.08. The molecular weight excluding hydrogens is 258 g/mol. The van der Waals surface area contributed by atoms with Gasteiger partial charge < -0.3 is 5.73 Å². The van der Waals surface area contributed by atoms with Gasteiger partial charge in [-0.3, -0.25) is 0 Å². The van der Waals surface area contributed by atoms with E-state index in [4.69, 9.17) is 5.73 Å². The first-order chi connectivity index (χ1) is 6.74. The van der Waals surface area contributed by atoms with Crippen molar-refractivity contribution < 1.29 is 0 Å². The van der Waals surface area contributed by atoms with Crippen LogP contribution < -0.4 is 5.73 Å². The molecule has 1 nitrogen and oxygen atoms in total. The van der Waals surface area contributed by atoms with Gasteiger partial charge in [-0.05, 0) is 28.4 Å². The summed E-state index contributed by atoms with van der Waals surface area (Å²) in [6, 6.07) is 2.37. The van der Waals surface area contributed by atoms with Gasteiger partial charge in [0.15, 0.2) is 0 Å². The van der Waals surface area contributed by atoms with Crippen LogP contribution in [0.15, 0.2) is 15.9 Å². The number of hydrogen-bond acceptors (Lipinski definition) is 2. The smallest absolute Gasteiger partial charge is 0.0390 e. The first-order valence-electron chi connectivity index (χ1n) is 5.23. The first kappa shape index (κ1) is 12.2. The van der Waals surface area contributed by atoms with Gasteiger partial charge in [-0.25, -0.2) is 0 Å². The first-order valence-corrected chi connectivity index (χ1v) is 6.90. The quantitative estimate of drug-likeness (QED) is 0.762. The normalized spacial score (nSPS) is 13.1. The molecule has 1 heterocycles. The third-order valence-electron chi connectivity index (χ3n) is 2.32. The Bertz CT molecular complexity index is 260. The molecule has 0 aliphatic carbocycles. The van der Waals surface area contributed by atoms with Crippen LogP contribution in [0.3, 0.4) is 0 Å². The lowest BCUT2D eigenvalue weighted by molar-refractivity contribution is 0.571. The second-order valence-corrected chi connectivity index (χ2v) is 5.48. The molecule has 2 N–H and O–H groups in total. The van der Waals surface area contributed by atoms with Crippen molar-refractivity contribution in [2.24, 2.45) is 5.73 Å². The zero-order valence-electron chi connectivity index (χ0n) is 8.63. The average Bonchev–Trinajstić information content (AvgIpc) is 2.59. The fraction of sp³-hybridized carbons (Fsp3) is 0.636. The number of hydrogen-bond donors (Lipinski definition) is 1. The molecule has 0 saturated carbocycles. The van der Waals surface area contributed by atoms with Crippen molar-refractivity contribution in [1.29, 1.82) is 0 Å². The number of unbranched alkanes of at least 4 members (excludes halogenated alkanes) is 3. The molecule has 0 bridgehead atoms. The molecule has 0 aliphatic heterocycles. The molecule has 0 saturated heterocycles. The third kappa shape index (κ3) is 4.11. The fourth-order valence-electron chi connectivity index (χ4n) is 1.46. The lowest BCUT2D eigenvalue weighted by atomic mass is 10.1. The van der Waals surface area contributed by atoms with E-state index in [1.807, 2.05) is 0 Å². The maximum absolute atomic E-state index is 6.08. The van der Waals surface area contributed by atoms with Gasteiger partial charge in [0.25, 0.3) is 0 Å². The largest absolute Gasteiger partial charge is 0.323 e. The average molecular weight is 276 g/mol. The standard InChI is InChI=1S/C11H18BrNS/c1-2-3-4-5-6-10(13)11-7-9(12)8-14-11/h7-8,10H,2-6,13H2,1H3. The summed E-state index contributed by atoms with van der Waals surface area (Å²) in [6.07, 6.45) is 6.31. The van der Waals surface area contributed by atoms with Crippen LogP contribution in [-0.2, 0) is 0 Å². The number of halogens is 1. The van der Waals surface area contributed by atoms with Crippen LogP contribution >= 0.6 is 27.3 Å². The van der Waals surface area contributed by atoms with Crippen LogP contribution in [-0.4, -0.2) is 0 Å². The molecule has 0 radical (unpaired) electrons. The molecule has 0 amide bonds. The van der Waals surface area contributed by atoms with Crippen molar-refractivity contribution in [2.45, 2.75) is 45.1 Å². The minimum atomic E-state index is 0.239. The van der Waals surface area contributed by atoms with Gasteiger partial charge in [-0.1, -0.05) is 32.6 Å². The van der Waals surface area contributed by atoms with E-state index < -0.39 is 0 Å². The SMILES string of the molecule is CCCCCCC(N)c1cc(Br)cs1. The molecule has 0 fully saturated rings. The zero-order chi connectivity index (χ0) is 10.4. The van der Waals surface area contributed by atoms with E-state index in [2.05, 4.69) is 34.3 Å². The van der Waals surface area contributed by atoms with E-state index >= 15 is 0 Å². The molecule has 3 heteroatoms. The topological polar surface area (TPSA) is 26.0 Å². The van der Waals surface area contributed by atoms with Crippen LogP contribution in [0.1, 0.15) is 49.9 Å². The van der Waals surface area contributed by atoms with Gasteiger partial charge in [0, 0.05) is 20.8 Å². The van der Waals surface area contributed by atoms with Gasteiger partial charge >= 0.3 is 0 Å². The van der Waals surface area contributed by atoms with Crippen LogP contribution in [0.25, 0.3) is 0 Å². The van der Waals surface area contributed by atoms with Crippen LogP contribution in [0.2, 0.25) is 0 Å². The Morgan fingerprint density at radius 1 is 1.43 bits per heavy atom. The van der Waals surface area contributed by atoms with Crippen molar-refractivity contribution in [2.75, 3.05) is 0 Å². The maximum Gasteiger partial charge on any atom is 0.0390 e. The van der Waals surface area contributed by atoms with Gasteiger partial charge in [-0.2, -0.15) is 0 Å². The summed E-state index contributed by atoms with van der Waals surface area (Å²) in [4.78, 5) is 1.30. The van der Waals surface area contributed by atoms with Crippen molar-refractivity contribution in [1.82, 2.24) is 0 Å². The molecular formula is C11H18BrNS. The Kier molecular flexibility index (Phi) is 5.75. The molecule has 1 rings (SSSR count). The summed E-state index contributed by atoms with van der Waals surface area (Å²) in [7, 11) is 0. The molecule has 1 atom stereocenters. The third-order valence-corrected chi connectivity index (χ3v) is 4.15. The molecule has 14 heavy (non-hydrogen) atoms. The predicted octanol–water partition coefficient (Wildman–Crippen LogP) is 4.48. The Morgan fingerprint density at radius 3 is 2.79 bits per heavy atom. The molecule has 0 spiro atoms. The maximum atomic E-state index is 6.08. The Balaban J connectivity index is 2.25. The minimum absolute atomic E-state index is 0.239. The second kappa shape index (κ2) is 6.59. The highest BCUT2D eigenvalue weighted by Crippen LogP contribution is 2.27. The molecule has 1 unspecified atom stereocenters. The summed E-state index contributed by atoms with van der Waals surface area (Å²) in [6.45, 7) is 2.23. The zero-order valence-corrected chi connectivity index (χ0v) is 11.0. The van der Waals surface area contributed by atoms with E-state index in [0.717, 1.165) is 10.9 Å². The van der Waals surface area contributed by atoms with E-state index in [1.165, 1.54) is 30.6 Å². The summed E-state index contributed by atoms with van der Waals surface area (Å²) in [5.74, 6) is 0.